The van der Waals surface area contributed by atoms with E-state index >= 15 is 0 Å². The number of hydrogen-bond acceptors (Lipinski definition) is 5. The number of benzene rings is 2. The maximum absolute atomic E-state index is 12.7. The third kappa shape index (κ3) is 5.09. The van der Waals surface area contributed by atoms with E-state index < -0.39 is 27.9 Å². The van der Waals surface area contributed by atoms with Gasteiger partial charge in [-0.05, 0) is 23.8 Å². The second-order valence-electron chi connectivity index (χ2n) is 6.15. The first-order chi connectivity index (χ1) is 13.2. The van der Waals surface area contributed by atoms with E-state index in [0.29, 0.717) is 0 Å². The van der Waals surface area contributed by atoms with Gasteiger partial charge in [0, 0.05) is 19.7 Å². The number of ether oxygens (including phenoxy) is 1. The molecule has 0 aliphatic carbocycles. The summed E-state index contributed by atoms with van der Waals surface area (Å²) < 4.78 is 30.5. The van der Waals surface area contributed by atoms with E-state index in [2.05, 4.69) is 5.32 Å². The number of nitrogens with one attached hydrogen (secondary N) is 1. The van der Waals surface area contributed by atoms with Crippen molar-refractivity contribution in [3.63, 3.8) is 0 Å². The molecular weight excluding hydrogens is 404 g/mol. The second-order valence-corrected chi connectivity index (χ2v) is 8.68. The number of hydrogen-bond donors (Lipinski definition) is 1. The lowest BCUT2D eigenvalue weighted by molar-refractivity contribution is -0.141. The Balaban J connectivity index is 2.35. The monoisotopic (exact) mass is 424 g/mol. The molecule has 2 aromatic carbocycles. The molecule has 0 fully saturated rings. The Morgan fingerprint density at radius 3 is 2.36 bits per heavy atom. The molecule has 0 bridgehead atoms. The molecule has 0 spiro atoms. The average Bonchev–Trinajstić information content (AvgIpc) is 2.67. The van der Waals surface area contributed by atoms with E-state index in [1.54, 1.807) is 24.3 Å². The highest BCUT2D eigenvalue weighted by Crippen LogP contribution is 2.25. The number of carbonyl (C=O) groups excluding carboxylic acids is 2. The van der Waals surface area contributed by atoms with Crippen LogP contribution < -0.4 is 5.32 Å². The largest absolute Gasteiger partial charge is 0.469 e. The number of esters is 1. The van der Waals surface area contributed by atoms with Gasteiger partial charge in [0.25, 0.3) is 5.91 Å². The van der Waals surface area contributed by atoms with Crippen LogP contribution in [-0.4, -0.2) is 45.8 Å². The Morgan fingerprint density at radius 1 is 1.14 bits per heavy atom. The Kier molecular flexibility index (Phi) is 7.17. The maximum atomic E-state index is 12.7. The highest BCUT2D eigenvalue weighted by Gasteiger charge is 2.24. The third-order valence-corrected chi connectivity index (χ3v) is 6.35. The van der Waals surface area contributed by atoms with Gasteiger partial charge in [0.1, 0.15) is 4.90 Å². The number of sulfonamides is 1. The fraction of sp³-hybridized carbons (Fsp3) is 0.263. The molecule has 9 heteroatoms. The fourth-order valence-electron chi connectivity index (χ4n) is 2.47. The summed E-state index contributed by atoms with van der Waals surface area (Å²) in [4.78, 5) is 24.3. The Bertz CT molecular complexity index is 962. The summed E-state index contributed by atoms with van der Waals surface area (Å²) in [5.74, 6) is -1.02. The summed E-state index contributed by atoms with van der Waals surface area (Å²) in [5, 5.41) is 2.76. The van der Waals surface area contributed by atoms with Crippen molar-refractivity contribution in [2.24, 2.45) is 0 Å². The lowest BCUT2D eigenvalue weighted by Gasteiger charge is -2.19. The molecule has 0 radical (unpaired) electrons. The van der Waals surface area contributed by atoms with Crippen molar-refractivity contribution in [1.82, 2.24) is 9.62 Å². The summed E-state index contributed by atoms with van der Waals surface area (Å²) in [6.07, 6.45) is -0.0668. The van der Waals surface area contributed by atoms with Crippen LogP contribution in [0.15, 0.2) is 53.4 Å². The number of halogens is 1. The summed E-state index contributed by atoms with van der Waals surface area (Å²) in [7, 11) is 0.198. The van der Waals surface area contributed by atoms with Gasteiger partial charge in [-0.1, -0.05) is 41.9 Å². The molecule has 0 saturated heterocycles. The SMILES string of the molecule is COC(=O)CC(NC(=O)c1ccc(Cl)c(S(=O)(=O)N(C)C)c1)c1ccccc1. The number of amides is 1. The first-order valence-corrected chi connectivity index (χ1v) is 10.1. The van der Waals surface area contributed by atoms with Gasteiger partial charge in [0.15, 0.2) is 0 Å². The molecular formula is C19H21ClN2O5S. The fourth-order valence-corrected chi connectivity index (χ4v) is 3.86. The first-order valence-electron chi connectivity index (χ1n) is 8.31. The molecule has 0 heterocycles. The van der Waals surface area contributed by atoms with Crippen LogP contribution in [0.25, 0.3) is 0 Å². The van der Waals surface area contributed by atoms with Crippen LogP contribution >= 0.6 is 11.6 Å². The van der Waals surface area contributed by atoms with E-state index in [0.717, 1.165) is 9.87 Å². The second kappa shape index (κ2) is 9.18. The van der Waals surface area contributed by atoms with Crippen molar-refractivity contribution in [2.45, 2.75) is 17.4 Å². The molecule has 0 saturated carbocycles. The van der Waals surface area contributed by atoms with Crippen LogP contribution in [0.1, 0.15) is 28.4 Å². The summed E-state index contributed by atoms with van der Waals surface area (Å²) in [6.45, 7) is 0. The molecule has 1 atom stereocenters. The van der Waals surface area contributed by atoms with Crippen LogP contribution in [0.5, 0.6) is 0 Å². The van der Waals surface area contributed by atoms with Gasteiger partial charge in [-0.25, -0.2) is 12.7 Å². The Labute approximate surface area is 169 Å². The summed E-state index contributed by atoms with van der Waals surface area (Å²) >= 11 is 6.02. The smallest absolute Gasteiger partial charge is 0.307 e. The van der Waals surface area contributed by atoms with Crippen molar-refractivity contribution < 1.29 is 22.7 Å². The predicted molar refractivity (Wildman–Crippen MR) is 106 cm³/mol. The van der Waals surface area contributed by atoms with E-state index in [1.165, 1.54) is 39.4 Å². The van der Waals surface area contributed by atoms with Crippen LogP contribution in [0.4, 0.5) is 0 Å². The third-order valence-electron chi connectivity index (χ3n) is 4.06. The van der Waals surface area contributed by atoms with E-state index in [4.69, 9.17) is 16.3 Å². The normalized spacial score (nSPS) is 12.5. The Hall–Kier alpha value is -2.42. The molecule has 1 amide bonds. The van der Waals surface area contributed by atoms with E-state index in [9.17, 15) is 18.0 Å². The number of carbonyl (C=O) groups is 2. The molecule has 28 heavy (non-hydrogen) atoms. The minimum atomic E-state index is -3.82. The quantitative estimate of drug-likeness (QED) is 0.689. The van der Waals surface area contributed by atoms with Crippen LogP contribution in [0.3, 0.4) is 0 Å². The average molecular weight is 425 g/mol. The maximum Gasteiger partial charge on any atom is 0.307 e. The van der Waals surface area contributed by atoms with Crippen molar-refractivity contribution in [3.05, 3.63) is 64.7 Å². The number of methoxy groups -OCH3 is 1. The van der Waals surface area contributed by atoms with Gasteiger partial charge >= 0.3 is 5.97 Å². The zero-order chi connectivity index (χ0) is 20.9. The van der Waals surface area contributed by atoms with Crippen LogP contribution in [-0.2, 0) is 19.6 Å². The first kappa shape index (κ1) is 21.9. The van der Waals surface area contributed by atoms with Crippen LogP contribution in [0.2, 0.25) is 5.02 Å². The van der Waals surface area contributed by atoms with Gasteiger partial charge in [0.2, 0.25) is 10.0 Å². The summed E-state index contributed by atoms with van der Waals surface area (Å²) in [5.41, 5.74) is 0.826. The minimum Gasteiger partial charge on any atom is -0.469 e. The molecule has 2 rings (SSSR count). The van der Waals surface area contributed by atoms with Crippen molar-refractivity contribution in [2.75, 3.05) is 21.2 Å². The standard InChI is InChI=1S/C19H21ClN2O5S/c1-22(2)28(25,26)17-11-14(9-10-15(17)20)19(24)21-16(12-18(23)27-3)13-7-5-4-6-8-13/h4-11,16H,12H2,1-3H3,(H,21,24). The van der Waals surface area contributed by atoms with E-state index in [1.807, 2.05) is 6.07 Å². The van der Waals surface area contributed by atoms with Gasteiger partial charge in [-0.2, -0.15) is 0 Å². The zero-order valence-corrected chi connectivity index (χ0v) is 17.3. The van der Waals surface area contributed by atoms with Gasteiger partial charge in [0.05, 0.1) is 24.6 Å². The molecule has 1 unspecified atom stereocenters. The molecule has 2 aromatic rings. The van der Waals surface area contributed by atoms with E-state index in [-0.39, 0.29) is 21.9 Å². The van der Waals surface area contributed by atoms with Gasteiger partial charge in [-0.15, -0.1) is 0 Å². The van der Waals surface area contributed by atoms with Gasteiger partial charge < -0.3 is 10.1 Å². The number of nitrogens with zero attached hydrogens (tertiary/aromatic N) is 1. The van der Waals surface area contributed by atoms with Gasteiger partial charge in [-0.3, -0.25) is 9.59 Å². The predicted octanol–water partition coefficient (Wildman–Crippen LogP) is 2.62. The zero-order valence-electron chi connectivity index (χ0n) is 15.7. The number of rotatable bonds is 7. The molecule has 0 aliphatic rings. The Morgan fingerprint density at radius 2 is 1.79 bits per heavy atom. The summed E-state index contributed by atoms with van der Waals surface area (Å²) in [6, 6.07) is 12.3. The highest BCUT2D eigenvalue weighted by atomic mass is 35.5. The minimum absolute atomic E-state index is 0.0134. The molecule has 150 valence electrons. The lowest BCUT2D eigenvalue weighted by Crippen LogP contribution is -2.31. The molecule has 0 aliphatic heterocycles. The van der Waals surface area contributed by atoms with Crippen molar-refractivity contribution in [3.8, 4) is 0 Å². The highest BCUT2D eigenvalue weighted by molar-refractivity contribution is 7.89. The molecule has 1 N–H and O–H groups in total. The van der Waals surface area contributed by atoms with Crippen LogP contribution in [0, 0.1) is 0 Å². The lowest BCUT2D eigenvalue weighted by atomic mass is 10.0. The topological polar surface area (TPSA) is 92.8 Å². The molecule has 0 aromatic heterocycles. The molecule has 7 nitrogen and oxygen atoms in total. The van der Waals surface area contributed by atoms with Crippen molar-refractivity contribution >= 4 is 33.5 Å². The van der Waals surface area contributed by atoms with Crippen molar-refractivity contribution in [1.29, 1.82) is 0 Å².